The smallest absolute Gasteiger partial charge is 0.238 e. The fraction of sp³-hybridized carbons (Fsp3) is 0.412. The molecule has 1 N–H and O–H groups in total. The first kappa shape index (κ1) is 16.3. The number of anilines is 1. The first-order valence-corrected chi connectivity index (χ1v) is 7.81. The Morgan fingerprint density at radius 1 is 1.33 bits per heavy atom. The van der Waals surface area contributed by atoms with Gasteiger partial charge in [0.2, 0.25) is 12.7 Å². The van der Waals surface area contributed by atoms with Crippen LogP contribution in [-0.2, 0) is 18.4 Å². The van der Waals surface area contributed by atoms with E-state index < -0.39 is 0 Å². The van der Waals surface area contributed by atoms with Gasteiger partial charge in [-0.3, -0.25) is 14.4 Å². The molecule has 24 heavy (non-hydrogen) atoms. The molecule has 3 rings (SSSR count). The summed E-state index contributed by atoms with van der Waals surface area (Å²) in [5, 5.41) is 7.26. The lowest BCUT2D eigenvalue weighted by Gasteiger charge is -2.16. The van der Waals surface area contributed by atoms with Gasteiger partial charge in [0.25, 0.3) is 0 Å². The summed E-state index contributed by atoms with van der Waals surface area (Å²) in [5.41, 5.74) is 3.63. The van der Waals surface area contributed by atoms with Gasteiger partial charge in [-0.1, -0.05) is 6.07 Å². The molecule has 0 radical (unpaired) electrons. The third-order valence-corrected chi connectivity index (χ3v) is 4.08. The van der Waals surface area contributed by atoms with Crippen molar-refractivity contribution in [2.24, 2.45) is 7.05 Å². The van der Waals surface area contributed by atoms with E-state index in [0.29, 0.717) is 13.1 Å². The van der Waals surface area contributed by atoms with Gasteiger partial charge in [0.15, 0.2) is 11.5 Å². The van der Waals surface area contributed by atoms with E-state index in [1.807, 2.05) is 51.0 Å². The van der Waals surface area contributed by atoms with Crippen molar-refractivity contribution in [1.82, 2.24) is 14.7 Å². The van der Waals surface area contributed by atoms with Gasteiger partial charge in [0.05, 0.1) is 23.6 Å². The Morgan fingerprint density at radius 2 is 2.08 bits per heavy atom. The van der Waals surface area contributed by atoms with Gasteiger partial charge >= 0.3 is 0 Å². The molecular formula is C17H22N4O3. The van der Waals surface area contributed by atoms with Gasteiger partial charge in [-0.05, 0) is 38.6 Å². The van der Waals surface area contributed by atoms with E-state index >= 15 is 0 Å². The number of benzene rings is 1. The molecule has 1 aromatic heterocycles. The van der Waals surface area contributed by atoms with Crippen LogP contribution in [0.15, 0.2) is 18.2 Å². The summed E-state index contributed by atoms with van der Waals surface area (Å²) in [6.45, 7) is 5.03. The fourth-order valence-corrected chi connectivity index (χ4v) is 2.79. The first-order valence-electron chi connectivity index (χ1n) is 7.81. The highest BCUT2D eigenvalue weighted by molar-refractivity contribution is 5.93. The second kappa shape index (κ2) is 6.52. The Labute approximate surface area is 141 Å². The molecule has 1 aliphatic rings. The van der Waals surface area contributed by atoms with E-state index in [1.165, 1.54) is 0 Å². The van der Waals surface area contributed by atoms with Crippen LogP contribution < -0.4 is 14.8 Å². The van der Waals surface area contributed by atoms with Crippen LogP contribution in [0, 0.1) is 13.8 Å². The number of nitrogens with zero attached hydrogens (tertiary/aromatic N) is 3. The standard InChI is InChI=1S/C17H22N4O3/c1-11-17(12(2)21(4)19-11)18-16(22)9-20(3)8-13-5-6-14-15(7-13)24-10-23-14/h5-7H,8-10H2,1-4H3,(H,18,22). The summed E-state index contributed by atoms with van der Waals surface area (Å²) in [4.78, 5) is 14.2. The van der Waals surface area contributed by atoms with E-state index in [9.17, 15) is 4.79 Å². The highest BCUT2D eigenvalue weighted by Crippen LogP contribution is 2.32. The van der Waals surface area contributed by atoms with Crippen molar-refractivity contribution < 1.29 is 14.3 Å². The highest BCUT2D eigenvalue weighted by Gasteiger charge is 2.16. The number of rotatable bonds is 5. The molecule has 7 nitrogen and oxygen atoms in total. The Bertz CT molecular complexity index is 769. The van der Waals surface area contributed by atoms with Crippen molar-refractivity contribution in [3.05, 3.63) is 35.2 Å². The van der Waals surface area contributed by atoms with Gasteiger partial charge in [-0.15, -0.1) is 0 Å². The quantitative estimate of drug-likeness (QED) is 0.906. The van der Waals surface area contributed by atoms with Crippen molar-refractivity contribution in [1.29, 1.82) is 0 Å². The van der Waals surface area contributed by atoms with Crippen LogP contribution in [0.5, 0.6) is 11.5 Å². The topological polar surface area (TPSA) is 68.6 Å². The summed E-state index contributed by atoms with van der Waals surface area (Å²) in [7, 11) is 3.77. The number of fused-ring (bicyclic) bond motifs is 1. The molecule has 0 fully saturated rings. The predicted molar refractivity (Wildman–Crippen MR) is 90.2 cm³/mol. The third kappa shape index (κ3) is 3.35. The van der Waals surface area contributed by atoms with Gasteiger partial charge < -0.3 is 14.8 Å². The number of aryl methyl sites for hydroxylation is 2. The van der Waals surface area contributed by atoms with Crippen LogP contribution in [-0.4, -0.2) is 41.0 Å². The fourth-order valence-electron chi connectivity index (χ4n) is 2.79. The number of amides is 1. The van der Waals surface area contributed by atoms with Crippen LogP contribution in [0.2, 0.25) is 0 Å². The molecule has 2 heterocycles. The Balaban J connectivity index is 1.58. The summed E-state index contributed by atoms with van der Waals surface area (Å²) in [5.74, 6) is 1.46. The van der Waals surface area contributed by atoms with E-state index in [2.05, 4.69) is 10.4 Å². The molecule has 0 bridgehead atoms. The largest absolute Gasteiger partial charge is 0.454 e. The molecule has 0 saturated carbocycles. The number of carbonyl (C=O) groups is 1. The van der Waals surface area contributed by atoms with E-state index in [-0.39, 0.29) is 12.7 Å². The molecule has 2 aromatic rings. The van der Waals surface area contributed by atoms with Crippen molar-refractivity contribution in [2.45, 2.75) is 20.4 Å². The van der Waals surface area contributed by atoms with Crippen LogP contribution in [0.1, 0.15) is 17.0 Å². The summed E-state index contributed by atoms with van der Waals surface area (Å²) in [6.07, 6.45) is 0. The maximum Gasteiger partial charge on any atom is 0.238 e. The van der Waals surface area contributed by atoms with Crippen molar-refractivity contribution in [2.75, 3.05) is 25.7 Å². The SMILES string of the molecule is Cc1nn(C)c(C)c1NC(=O)CN(C)Cc1ccc2c(c1)OCO2. The van der Waals surface area contributed by atoms with Crippen LogP contribution in [0.25, 0.3) is 0 Å². The highest BCUT2D eigenvalue weighted by atomic mass is 16.7. The minimum atomic E-state index is -0.0579. The average molecular weight is 330 g/mol. The Morgan fingerprint density at radius 3 is 2.79 bits per heavy atom. The van der Waals surface area contributed by atoms with E-state index in [1.54, 1.807) is 4.68 Å². The zero-order valence-electron chi connectivity index (χ0n) is 14.4. The zero-order valence-corrected chi connectivity index (χ0v) is 14.4. The minimum Gasteiger partial charge on any atom is -0.454 e. The third-order valence-electron chi connectivity index (χ3n) is 4.08. The average Bonchev–Trinajstić information content (AvgIpc) is 3.07. The van der Waals surface area contributed by atoms with Crippen molar-refractivity contribution >= 4 is 11.6 Å². The lowest BCUT2D eigenvalue weighted by Crippen LogP contribution is -2.30. The second-order valence-corrected chi connectivity index (χ2v) is 6.08. The normalized spacial score (nSPS) is 12.7. The Kier molecular flexibility index (Phi) is 4.44. The molecule has 1 aromatic carbocycles. The minimum absolute atomic E-state index is 0.0579. The maximum absolute atomic E-state index is 12.3. The molecule has 0 unspecified atom stereocenters. The maximum atomic E-state index is 12.3. The zero-order chi connectivity index (χ0) is 17.3. The summed E-state index contributed by atoms with van der Waals surface area (Å²) < 4.78 is 12.5. The number of ether oxygens (including phenoxy) is 2. The number of likely N-dealkylation sites (N-methyl/N-ethyl adjacent to an activating group) is 1. The number of nitrogens with one attached hydrogen (secondary N) is 1. The molecule has 1 aliphatic heterocycles. The lowest BCUT2D eigenvalue weighted by molar-refractivity contribution is -0.117. The van der Waals surface area contributed by atoms with Crippen molar-refractivity contribution in [3.63, 3.8) is 0 Å². The van der Waals surface area contributed by atoms with Crippen LogP contribution in [0.3, 0.4) is 0 Å². The molecule has 0 aliphatic carbocycles. The predicted octanol–water partition coefficient (Wildman–Crippen LogP) is 1.84. The van der Waals surface area contributed by atoms with Crippen LogP contribution >= 0.6 is 0 Å². The molecule has 7 heteroatoms. The van der Waals surface area contributed by atoms with Crippen LogP contribution in [0.4, 0.5) is 5.69 Å². The van der Waals surface area contributed by atoms with E-state index in [0.717, 1.165) is 34.1 Å². The number of carbonyl (C=O) groups excluding carboxylic acids is 1. The first-order chi connectivity index (χ1) is 11.4. The number of hydrogen-bond donors (Lipinski definition) is 1. The lowest BCUT2D eigenvalue weighted by atomic mass is 10.2. The summed E-state index contributed by atoms with van der Waals surface area (Å²) in [6, 6.07) is 5.83. The molecule has 0 atom stereocenters. The number of aromatic nitrogens is 2. The summed E-state index contributed by atoms with van der Waals surface area (Å²) >= 11 is 0. The van der Waals surface area contributed by atoms with Gasteiger partial charge in [0, 0.05) is 13.6 Å². The van der Waals surface area contributed by atoms with Crippen molar-refractivity contribution in [3.8, 4) is 11.5 Å². The molecule has 0 saturated heterocycles. The number of hydrogen-bond acceptors (Lipinski definition) is 5. The molecule has 0 spiro atoms. The van der Waals surface area contributed by atoms with Gasteiger partial charge in [-0.2, -0.15) is 5.10 Å². The second-order valence-electron chi connectivity index (χ2n) is 6.08. The molecule has 1 amide bonds. The van der Waals surface area contributed by atoms with Gasteiger partial charge in [0.1, 0.15) is 0 Å². The van der Waals surface area contributed by atoms with E-state index in [4.69, 9.17) is 9.47 Å². The monoisotopic (exact) mass is 330 g/mol. The van der Waals surface area contributed by atoms with Gasteiger partial charge in [-0.25, -0.2) is 0 Å². The Hall–Kier alpha value is -2.54. The molecular weight excluding hydrogens is 308 g/mol. The molecule has 128 valence electrons.